The Morgan fingerprint density at radius 2 is 2.22 bits per heavy atom. The first-order valence-corrected chi connectivity index (χ1v) is 7.61. The monoisotopic (exact) mass is 284 g/mol. The summed E-state index contributed by atoms with van der Waals surface area (Å²) in [5.74, 6) is 0.122. The van der Waals surface area contributed by atoms with E-state index in [0.29, 0.717) is 10.7 Å². The molecule has 18 heavy (non-hydrogen) atoms. The van der Waals surface area contributed by atoms with Crippen molar-refractivity contribution in [3.05, 3.63) is 34.8 Å². The lowest BCUT2D eigenvalue weighted by Gasteiger charge is -2.09. The minimum absolute atomic E-state index is 0.134. The van der Waals surface area contributed by atoms with Crippen LogP contribution in [0.4, 0.5) is 5.69 Å². The SMILES string of the molecule is COc1cc(N)ccc1S(=O)(=O)Cc1nccs1. The van der Waals surface area contributed by atoms with Crippen LogP contribution in [0, 0.1) is 0 Å². The molecule has 0 aliphatic heterocycles. The molecule has 0 aliphatic rings. The lowest BCUT2D eigenvalue weighted by atomic mass is 10.3. The van der Waals surface area contributed by atoms with Crippen molar-refractivity contribution < 1.29 is 13.2 Å². The summed E-state index contributed by atoms with van der Waals surface area (Å²) in [6, 6.07) is 4.49. The Morgan fingerprint density at radius 1 is 1.44 bits per heavy atom. The maximum Gasteiger partial charge on any atom is 0.188 e. The second-order valence-corrected chi connectivity index (χ2v) is 6.53. The molecule has 0 saturated carbocycles. The molecule has 0 amide bonds. The second kappa shape index (κ2) is 4.95. The summed E-state index contributed by atoms with van der Waals surface area (Å²) in [4.78, 5) is 4.11. The summed E-state index contributed by atoms with van der Waals surface area (Å²) < 4.78 is 29.5. The zero-order valence-electron chi connectivity index (χ0n) is 9.66. The third kappa shape index (κ3) is 2.62. The van der Waals surface area contributed by atoms with Crippen LogP contribution in [0.5, 0.6) is 5.75 Å². The fourth-order valence-electron chi connectivity index (χ4n) is 1.51. The van der Waals surface area contributed by atoms with E-state index in [9.17, 15) is 8.42 Å². The van der Waals surface area contributed by atoms with Gasteiger partial charge < -0.3 is 10.5 Å². The highest BCUT2D eigenvalue weighted by Crippen LogP contribution is 2.28. The topological polar surface area (TPSA) is 82.3 Å². The smallest absolute Gasteiger partial charge is 0.188 e. The van der Waals surface area contributed by atoms with E-state index in [4.69, 9.17) is 10.5 Å². The van der Waals surface area contributed by atoms with Crippen molar-refractivity contribution in [1.29, 1.82) is 0 Å². The Morgan fingerprint density at radius 3 is 2.83 bits per heavy atom. The Labute approximate surface area is 109 Å². The van der Waals surface area contributed by atoms with Gasteiger partial charge in [-0.05, 0) is 12.1 Å². The largest absolute Gasteiger partial charge is 0.495 e. The number of rotatable bonds is 4. The van der Waals surface area contributed by atoms with Crippen molar-refractivity contribution in [1.82, 2.24) is 4.98 Å². The summed E-state index contributed by atoms with van der Waals surface area (Å²) in [5, 5.41) is 2.29. The number of nitrogens with zero attached hydrogens (tertiary/aromatic N) is 1. The van der Waals surface area contributed by atoms with Crippen LogP contribution in [0.3, 0.4) is 0 Å². The molecule has 0 bridgehead atoms. The second-order valence-electron chi connectivity index (χ2n) is 3.60. The molecular weight excluding hydrogens is 272 g/mol. The van der Waals surface area contributed by atoms with Gasteiger partial charge in [-0.1, -0.05) is 0 Å². The average Bonchev–Trinajstić information content (AvgIpc) is 2.80. The maximum atomic E-state index is 12.2. The highest BCUT2D eigenvalue weighted by atomic mass is 32.2. The van der Waals surface area contributed by atoms with E-state index in [1.165, 1.54) is 36.6 Å². The molecule has 1 aromatic carbocycles. The van der Waals surface area contributed by atoms with Crippen LogP contribution in [0.2, 0.25) is 0 Å². The third-order valence-corrected chi connectivity index (χ3v) is 4.94. The van der Waals surface area contributed by atoms with Gasteiger partial charge in [-0.2, -0.15) is 0 Å². The predicted octanol–water partition coefficient (Wildman–Crippen LogP) is 1.71. The van der Waals surface area contributed by atoms with Crippen LogP contribution in [0.1, 0.15) is 5.01 Å². The van der Waals surface area contributed by atoms with Gasteiger partial charge in [-0.25, -0.2) is 13.4 Å². The van der Waals surface area contributed by atoms with Crippen LogP contribution in [0.15, 0.2) is 34.7 Å². The van der Waals surface area contributed by atoms with Crippen molar-refractivity contribution in [3.63, 3.8) is 0 Å². The van der Waals surface area contributed by atoms with Gasteiger partial charge in [0.25, 0.3) is 0 Å². The number of nitrogens with two attached hydrogens (primary N) is 1. The number of methoxy groups -OCH3 is 1. The van der Waals surface area contributed by atoms with Gasteiger partial charge in [0.2, 0.25) is 0 Å². The lowest BCUT2D eigenvalue weighted by Crippen LogP contribution is -2.07. The highest BCUT2D eigenvalue weighted by Gasteiger charge is 2.21. The summed E-state index contributed by atoms with van der Waals surface area (Å²) in [6.07, 6.45) is 1.58. The minimum atomic E-state index is -3.48. The summed E-state index contributed by atoms with van der Waals surface area (Å²) in [5.41, 5.74) is 6.06. The third-order valence-electron chi connectivity index (χ3n) is 2.32. The van der Waals surface area contributed by atoms with Gasteiger partial charge in [0, 0.05) is 23.3 Å². The number of sulfone groups is 1. The van der Waals surface area contributed by atoms with E-state index in [2.05, 4.69) is 4.98 Å². The summed E-state index contributed by atoms with van der Waals surface area (Å²) >= 11 is 1.31. The van der Waals surface area contributed by atoms with Crippen molar-refractivity contribution in [3.8, 4) is 5.75 Å². The Bertz CT molecular complexity index is 636. The Balaban J connectivity index is 2.41. The van der Waals surface area contributed by atoms with Crippen LogP contribution >= 0.6 is 11.3 Å². The average molecular weight is 284 g/mol. The van der Waals surface area contributed by atoms with Crippen molar-refractivity contribution >= 4 is 26.9 Å². The molecule has 0 spiro atoms. The van der Waals surface area contributed by atoms with Crippen LogP contribution in [-0.4, -0.2) is 20.5 Å². The van der Waals surface area contributed by atoms with Crippen molar-refractivity contribution in [2.75, 3.05) is 12.8 Å². The lowest BCUT2D eigenvalue weighted by molar-refractivity contribution is 0.403. The fraction of sp³-hybridized carbons (Fsp3) is 0.182. The Kier molecular flexibility index (Phi) is 3.53. The van der Waals surface area contributed by atoms with E-state index in [1.807, 2.05) is 0 Å². The molecule has 1 heterocycles. The summed E-state index contributed by atoms with van der Waals surface area (Å²) in [7, 11) is -2.06. The number of nitrogen functional groups attached to an aromatic ring is 1. The molecule has 0 radical (unpaired) electrons. The van der Waals surface area contributed by atoms with Gasteiger partial charge in [0.15, 0.2) is 9.84 Å². The van der Waals surface area contributed by atoms with E-state index in [0.717, 1.165) is 0 Å². The number of thiazole rings is 1. The van der Waals surface area contributed by atoms with E-state index >= 15 is 0 Å². The van der Waals surface area contributed by atoms with Gasteiger partial charge in [0.05, 0.1) is 7.11 Å². The van der Waals surface area contributed by atoms with Crippen molar-refractivity contribution in [2.24, 2.45) is 0 Å². The predicted molar refractivity (Wildman–Crippen MR) is 70.4 cm³/mol. The van der Waals surface area contributed by atoms with Gasteiger partial charge in [-0.15, -0.1) is 11.3 Å². The molecule has 0 unspecified atom stereocenters. The molecule has 0 atom stereocenters. The number of hydrogen-bond acceptors (Lipinski definition) is 6. The molecule has 0 saturated heterocycles. The zero-order valence-corrected chi connectivity index (χ0v) is 11.3. The number of ether oxygens (including phenoxy) is 1. The summed E-state index contributed by atoms with van der Waals surface area (Å²) in [6.45, 7) is 0. The minimum Gasteiger partial charge on any atom is -0.495 e. The molecule has 2 rings (SSSR count). The van der Waals surface area contributed by atoms with E-state index < -0.39 is 9.84 Å². The van der Waals surface area contributed by atoms with Crippen LogP contribution in [0.25, 0.3) is 0 Å². The van der Waals surface area contributed by atoms with Crippen molar-refractivity contribution in [2.45, 2.75) is 10.6 Å². The molecule has 2 aromatic rings. The van der Waals surface area contributed by atoms with Gasteiger partial charge in [-0.3, -0.25) is 0 Å². The number of anilines is 1. The first kappa shape index (κ1) is 12.8. The van der Waals surface area contributed by atoms with E-state index in [-0.39, 0.29) is 16.4 Å². The standard InChI is InChI=1S/C11H12N2O3S2/c1-16-9-6-8(12)2-3-10(9)18(14,15)7-11-13-4-5-17-11/h2-6H,7,12H2,1H3. The quantitative estimate of drug-likeness (QED) is 0.864. The van der Waals surface area contributed by atoms with Crippen LogP contribution in [-0.2, 0) is 15.6 Å². The maximum absolute atomic E-state index is 12.2. The normalized spacial score (nSPS) is 11.4. The highest BCUT2D eigenvalue weighted by molar-refractivity contribution is 7.90. The molecule has 0 fully saturated rings. The molecule has 0 aliphatic carbocycles. The molecule has 2 N–H and O–H groups in total. The first-order valence-electron chi connectivity index (χ1n) is 5.07. The number of benzene rings is 1. The number of aromatic nitrogens is 1. The zero-order chi connectivity index (χ0) is 13.2. The molecular formula is C11H12N2O3S2. The molecule has 96 valence electrons. The Hall–Kier alpha value is -1.60. The first-order chi connectivity index (χ1) is 8.53. The molecule has 1 aromatic heterocycles. The van der Waals surface area contributed by atoms with Gasteiger partial charge in [0.1, 0.15) is 21.4 Å². The number of hydrogen-bond donors (Lipinski definition) is 1. The molecule has 7 heteroatoms. The fourth-order valence-corrected chi connectivity index (χ4v) is 3.92. The van der Waals surface area contributed by atoms with Gasteiger partial charge >= 0.3 is 0 Å². The molecule has 5 nitrogen and oxygen atoms in total. The van der Waals surface area contributed by atoms with E-state index in [1.54, 1.807) is 11.6 Å². The van der Waals surface area contributed by atoms with Crippen LogP contribution < -0.4 is 10.5 Å².